The summed E-state index contributed by atoms with van der Waals surface area (Å²) in [4.78, 5) is 8.14. The second kappa shape index (κ2) is 6.80. The number of nitrogens with zero attached hydrogens (tertiary/aromatic N) is 3. The van der Waals surface area contributed by atoms with Crippen LogP contribution in [0.3, 0.4) is 0 Å². The molecule has 122 valence electrons. The van der Waals surface area contributed by atoms with Gasteiger partial charge in [-0.1, -0.05) is 19.3 Å². The van der Waals surface area contributed by atoms with Crippen molar-refractivity contribution < 1.29 is 13.2 Å². The Hall–Kier alpha value is -0.730. The summed E-state index contributed by atoms with van der Waals surface area (Å²) in [5, 5.41) is -0.205. The van der Waals surface area contributed by atoms with Gasteiger partial charge in [0.25, 0.3) is 0 Å². The van der Waals surface area contributed by atoms with E-state index in [4.69, 9.17) is 4.74 Å². The second-order valence-corrected chi connectivity index (χ2v) is 9.00. The van der Waals surface area contributed by atoms with Gasteiger partial charge < -0.3 is 4.74 Å². The van der Waals surface area contributed by atoms with Crippen LogP contribution in [-0.4, -0.2) is 47.1 Å². The lowest BCUT2D eigenvalue weighted by Gasteiger charge is -2.26. The molecule has 0 aromatic carbocycles. The number of hydrogen-bond acceptors (Lipinski definition) is 5. The molecule has 1 atom stereocenters. The van der Waals surface area contributed by atoms with Crippen LogP contribution in [0.4, 0.5) is 0 Å². The average molecular weight is 390 g/mol. The van der Waals surface area contributed by atoms with E-state index >= 15 is 0 Å². The Balaban J connectivity index is 1.60. The fourth-order valence-corrected chi connectivity index (χ4v) is 5.40. The molecule has 0 bridgehead atoms. The standard InChI is InChI=1S/C14H20BrN3O3S/c15-11-8-16-14(17-9-11)21-12-6-7-18(10-12)22(19,20)13-4-2-1-3-5-13/h8-9,12-13H,1-7,10H2. The van der Waals surface area contributed by atoms with Crippen LogP contribution in [0.15, 0.2) is 16.9 Å². The van der Waals surface area contributed by atoms with Crippen molar-refractivity contribution in [3.8, 4) is 6.01 Å². The van der Waals surface area contributed by atoms with Gasteiger partial charge in [-0.3, -0.25) is 0 Å². The molecule has 3 rings (SSSR count). The molecule has 6 nitrogen and oxygen atoms in total. The summed E-state index contributed by atoms with van der Waals surface area (Å²) >= 11 is 3.27. The maximum absolute atomic E-state index is 12.7. The fourth-order valence-electron chi connectivity index (χ4n) is 3.11. The van der Waals surface area contributed by atoms with Crippen molar-refractivity contribution in [1.29, 1.82) is 0 Å². The summed E-state index contributed by atoms with van der Waals surface area (Å²) in [5.41, 5.74) is 0. The number of ether oxygens (including phenoxy) is 1. The second-order valence-electron chi connectivity index (χ2n) is 5.88. The predicted molar refractivity (Wildman–Crippen MR) is 86.1 cm³/mol. The highest BCUT2D eigenvalue weighted by atomic mass is 79.9. The fraction of sp³-hybridized carbons (Fsp3) is 0.714. The van der Waals surface area contributed by atoms with Gasteiger partial charge in [0.1, 0.15) is 6.10 Å². The normalized spacial score (nSPS) is 24.5. The number of hydrogen-bond donors (Lipinski definition) is 0. The molecule has 22 heavy (non-hydrogen) atoms. The number of halogens is 1. The van der Waals surface area contributed by atoms with Crippen LogP contribution in [0.5, 0.6) is 6.01 Å². The lowest BCUT2D eigenvalue weighted by Crippen LogP contribution is -2.39. The van der Waals surface area contributed by atoms with Crippen LogP contribution in [0, 0.1) is 0 Å². The molecule has 1 aliphatic heterocycles. The Morgan fingerprint density at radius 3 is 2.50 bits per heavy atom. The van der Waals surface area contributed by atoms with Crippen molar-refractivity contribution in [2.24, 2.45) is 0 Å². The molecule has 1 saturated carbocycles. The van der Waals surface area contributed by atoms with Crippen LogP contribution < -0.4 is 4.74 Å². The summed E-state index contributed by atoms with van der Waals surface area (Å²) < 4.78 is 33.4. The number of aromatic nitrogens is 2. The van der Waals surface area contributed by atoms with Crippen LogP contribution >= 0.6 is 15.9 Å². The molecule has 1 unspecified atom stereocenters. The Morgan fingerprint density at radius 2 is 1.82 bits per heavy atom. The van der Waals surface area contributed by atoms with Gasteiger partial charge in [-0.05, 0) is 35.2 Å². The average Bonchev–Trinajstić information content (AvgIpc) is 3.00. The van der Waals surface area contributed by atoms with E-state index in [0.29, 0.717) is 25.5 Å². The maximum atomic E-state index is 12.7. The molecule has 1 aromatic heterocycles. The van der Waals surface area contributed by atoms with E-state index in [1.807, 2.05) is 0 Å². The maximum Gasteiger partial charge on any atom is 0.316 e. The first-order valence-corrected chi connectivity index (χ1v) is 9.98. The molecule has 1 aromatic rings. The molecule has 2 aliphatic rings. The molecule has 0 amide bonds. The van der Waals surface area contributed by atoms with Gasteiger partial charge >= 0.3 is 6.01 Å². The summed E-state index contributed by atoms with van der Waals surface area (Å²) in [6, 6.07) is 0.296. The van der Waals surface area contributed by atoms with E-state index in [-0.39, 0.29) is 11.4 Å². The quantitative estimate of drug-likeness (QED) is 0.789. The third-order valence-corrected chi connectivity index (χ3v) is 7.08. The minimum absolute atomic E-state index is 0.167. The predicted octanol–water partition coefficient (Wildman–Crippen LogP) is 2.35. The molecule has 0 spiro atoms. The topological polar surface area (TPSA) is 72.4 Å². The molecule has 1 saturated heterocycles. The number of sulfonamides is 1. The zero-order valence-electron chi connectivity index (χ0n) is 12.3. The Bertz CT molecular complexity index is 602. The first-order chi connectivity index (χ1) is 10.6. The first-order valence-electron chi connectivity index (χ1n) is 7.69. The van der Waals surface area contributed by atoms with Crippen LogP contribution in [0.1, 0.15) is 38.5 Å². The summed E-state index contributed by atoms with van der Waals surface area (Å²) in [5.74, 6) is 0. The molecule has 2 heterocycles. The van der Waals surface area contributed by atoms with E-state index in [1.54, 1.807) is 16.7 Å². The Morgan fingerprint density at radius 1 is 1.14 bits per heavy atom. The molecular weight excluding hydrogens is 370 g/mol. The van der Waals surface area contributed by atoms with Crippen LogP contribution in [-0.2, 0) is 10.0 Å². The van der Waals surface area contributed by atoms with E-state index in [1.165, 1.54) is 0 Å². The Kier molecular flexibility index (Phi) is 4.99. The van der Waals surface area contributed by atoms with Gasteiger partial charge in [0.2, 0.25) is 10.0 Å². The monoisotopic (exact) mass is 389 g/mol. The van der Waals surface area contributed by atoms with E-state index < -0.39 is 10.0 Å². The molecule has 1 aliphatic carbocycles. The lowest BCUT2D eigenvalue weighted by molar-refractivity contribution is 0.197. The minimum atomic E-state index is -3.19. The van der Waals surface area contributed by atoms with Crippen molar-refractivity contribution in [3.63, 3.8) is 0 Å². The Labute approximate surface area is 139 Å². The highest BCUT2D eigenvalue weighted by Gasteiger charge is 2.38. The zero-order chi connectivity index (χ0) is 15.6. The largest absolute Gasteiger partial charge is 0.459 e. The smallest absolute Gasteiger partial charge is 0.316 e. The van der Waals surface area contributed by atoms with Gasteiger partial charge in [-0.25, -0.2) is 18.4 Å². The summed E-state index contributed by atoms with van der Waals surface area (Å²) in [6.07, 6.45) is 8.53. The van der Waals surface area contributed by atoms with Gasteiger partial charge in [-0.2, -0.15) is 4.31 Å². The van der Waals surface area contributed by atoms with E-state index in [9.17, 15) is 8.42 Å². The van der Waals surface area contributed by atoms with Gasteiger partial charge in [-0.15, -0.1) is 0 Å². The van der Waals surface area contributed by atoms with Crippen molar-refractivity contribution >= 4 is 26.0 Å². The molecule has 0 radical (unpaired) electrons. The highest BCUT2D eigenvalue weighted by Crippen LogP contribution is 2.28. The van der Waals surface area contributed by atoms with Crippen molar-refractivity contribution in [2.75, 3.05) is 13.1 Å². The molecule has 8 heteroatoms. The van der Waals surface area contributed by atoms with E-state index in [0.717, 1.165) is 36.6 Å². The van der Waals surface area contributed by atoms with Gasteiger partial charge in [0.05, 0.1) is 16.3 Å². The van der Waals surface area contributed by atoms with Crippen molar-refractivity contribution in [2.45, 2.75) is 49.9 Å². The molecule has 0 N–H and O–H groups in total. The van der Waals surface area contributed by atoms with Crippen molar-refractivity contribution in [1.82, 2.24) is 14.3 Å². The van der Waals surface area contributed by atoms with E-state index in [2.05, 4.69) is 25.9 Å². The summed E-state index contributed by atoms with van der Waals surface area (Å²) in [7, 11) is -3.19. The third-order valence-electron chi connectivity index (χ3n) is 4.31. The van der Waals surface area contributed by atoms with Crippen LogP contribution in [0.25, 0.3) is 0 Å². The third kappa shape index (κ3) is 3.60. The lowest BCUT2D eigenvalue weighted by atomic mass is 10.0. The zero-order valence-corrected chi connectivity index (χ0v) is 14.7. The molecule has 2 fully saturated rings. The van der Waals surface area contributed by atoms with Crippen molar-refractivity contribution in [3.05, 3.63) is 16.9 Å². The van der Waals surface area contributed by atoms with Gasteiger partial charge in [0.15, 0.2) is 0 Å². The number of rotatable bonds is 4. The first kappa shape index (κ1) is 16.1. The van der Waals surface area contributed by atoms with Crippen LogP contribution in [0.2, 0.25) is 0 Å². The minimum Gasteiger partial charge on any atom is -0.459 e. The van der Waals surface area contributed by atoms with Gasteiger partial charge in [0, 0.05) is 18.9 Å². The summed E-state index contributed by atoms with van der Waals surface area (Å²) in [6.45, 7) is 0.929. The SMILES string of the molecule is O=S(=O)(C1CCCCC1)N1CCC(Oc2ncc(Br)cn2)C1. The highest BCUT2D eigenvalue weighted by molar-refractivity contribution is 9.10. The molecular formula is C14H20BrN3O3S.